The minimum absolute atomic E-state index is 0.565. The van der Waals surface area contributed by atoms with Crippen LogP contribution in [0.15, 0.2) is 12.7 Å². The molecule has 94 valence electrons. The smallest absolute Gasteiger partial charge is 0.228 e. The van der Waals surface area contributed by atoms with Crippen molar-refractivity contribution in [3.8, 4) is 0 Å². The third-order valence-electron chi connectivity index (χ3n) is 2.78. The van der Waals surface area contributed by atoms with Crippen molar-refractivity contribution in [3.05, 3.63) is 12.7 Å². The Labute approximate surface area is 110 Å². The fourth-order valence-electron chi connectivity index (χ4n) is 1.92. The molecule has 0 atom stereocenters. The Kier molecular flexibility index (Phi) is 4.87. The number of thioether (sulfide) groups is 2. The van der Waals surface area contributed by atoms with E-state index < -0.39 is 0 Å². The number of piperazine rings is 1. The molecule has 0 saturated carbocycles. The molecule has 0 radical (unpaired) electrons. The number of hydrogen-bond donors (Lipinski definition) is 0. The van der Waals surface area contributed by atoms with Gasteiger partial charge in [-0.3, -0.25) is 4.90 Å². The first kappa shape index (κ1) is 12.9. The molecule has 2 heterocycles. The van der Waals surface area contributed by atoms with Gasteiger partial charge in [0, 0.05) is 26.2 Å². The third kappa shape index (κ3) is 3.23. The summed E-state index contributed by atoms with van der Waals surface area (Å²) >= 11 is 3.81. The molecule has 17 heavy (non-hydrogen) atoms. The number of anilines is 1. The first-order valence-corrected chi connectivity index (χ1v) is 8.09. The van der Waals surface area contributed by atoms with Crippen LogP contribution in [0.4, 0.5) is 5.95 Å². The molecule has 0 N–H and O–H groups in total. The molecule has 7 heteroatoms. The number of hydrogen-bond acceptors (Lipinski definition) is 7. The molecule has 1 saturated heterocycles. The number of aromatic nitrogens is 3. The monoisotopic (exact) mass is 271 g/mol. The van der Waals surface area contributed by atoms with Crippen molar-refractivity contribution < 1.29 is 0 Å². The van der Waals surface area contributed by atoms with Gasteiger partial charge in [-0.15, -0.1) is 23.5 Å². The molecule has 0 bridgehead atoms. The lowest BCUT2D eigenvalue weighted by Crippen LogP contribution is -2.49. The van der Waals surface area contributed by atoms with Crippen molar-refractivity contribution >= 4 is 29.5 Å². The maximum absolute atomic E-state index is 4.19. The second-order valence-electron chi connectivity index (χ2n) is 3.74. The highest BCUT2D eigenvalue weighted by atomic mass is 32.2. The highest BCUT2D eigenvalue weighted by Gasteiger charge is 2.23. The average molecular weight is 271 g/mol. The van der Waals surface area contributed by atoms with E-state index in [0.717, 1.165) is 32.1 Å². The van der Waals surface area contributed by atoms with E-state index in [1.54, 1.807) is 12.7 Å². The maximum Gasteiger partial charge on any atom is 0.228 e. The van der Waals surface area contributed by atoms with Crippen molar-refractivity contribution in [2.75, 3.05) is 43.6 Å². The zero-order valence-corrected chi connectivity index (χ0v) is 11.7. The molecule has 0 unspecified atom stereocenters. The molecule has 0 spiro atoms. The Morgan fingerprint density at radius 1 is 1.06 bits per heavy atom. The van der Waals surface area contributed by atoms with E-state index in [2.05, 4.69) is 37.3 Å². The standard InChI is InChI=1S/C10H17N5S2/c1-16-10(17-2)15-5-3-14(4-6-15)9-12-7-11-8-13-9/h7-8,10H,3-6H2,1-2H3. The van der Waals surface area contributed by atoms with Gasteiger partial charge in [0.2, 0.25) is 5.95 Å². The molecular formula is C10H17N5S2. The second kappa shape index (κ2) is 6.42. The SMILES string of the molecule is CSC(SC)N1CCN(c2ncncn2)CC1. The maximum atomic E-state index is 4.19. The van der Waals surface area contributed by atoms with Crippen LogP contribution in [0.1, 0.15) is 0 Å². The van der Waals surface area contributed by atoms with Crippen LogP contribution in [0.5, 0.6) is 0 Å². The van der Waals surface area contributed by atoms with E-state index in [-0.39, 0.29) is 0 Å². The van der Waals surface area contributed by atoms with Gasteiger partial charge in [-0.25, -0.2) is 15.0 Å². The second-order valence-corrected chi connectivity index (χ2v) is 5.87. The fourth-order valence-corrected chi connectivity index (χ4v) is 3.71. The molecule has 1 aromatic rings. The van der Waals surface area contributed by atoms with Crippen molar-refractivity contribution in [3.63, 3.8) is 0 Å². The van der Waals surface area contributed by atoms with Crippen LogP contribution in [0.2, 0.25) is 0 Å². The van der Waals surface area contributed by atoms with E-state index in [4.69, 9.17) is 0 Å². The van der Waals surface area contributed by atoms with Crippen LogP contribution < -0.4 is 4.90 Å². The van der Waals surface area contributed by atoms with Gasteiger partial charge in [0.15, 0.2) is 0 Å². The van der Waals surface area contributed by atoms with Crippen LogP contribution in [0.25, 0.3) is 0 Å². The minimum atomic E-state index is 0.565. The highest BCUT2D eigenvalue weighted by Crippen LogP contribution is 2.24. The van der Waals surface area contributed by atoms with Crippen molar-refractivity contribution in [1.82, 2.24) is 19.9 Å². The number of nitrogens with zero attached hydrogens (tertiary/aromatic N) is 5. The summed E-state index contributed by atoms with van der Waals surface area (Å²) < 4.78 is 0.565. The quantitative estimate of drug-likeness (QED) is 0.757. The predicted octanol–water partition coefficient (Wildman–Crippen LogP) is 1.00. The van der Waals surface area contributed by atoms with Crippen LogP contribution in [-0.4, -0.2) is 63.2 Å². The van der Waals surface area contributed by atoms with Crippen molar-refractivity contribution in [2.45, 2.75) is 4.71 Å². The largest absolute Gasteiger partial charge is 0.338 e. The fraction of sp³-hybridized carbons (Fsp3) is 0.700. The molecule has 0 amide bonds. The average Bonchev–Trinajstić information content (AvgIpc) is 2.42. The van der Waals surface area contributed by atoms with E-state index in [0.29, 0.717) is 4.71 Å². The summed E-state index contributed by atoms with van der Waals surface area (Å²) in [4.78, 5) is 16.9. The molecular weight excluding hydrogens is 254 g/mol. The third-order valence-corrected chi connectivity index (χ3v) is 5.34. The minimum Gasteiger partial charge on any atom is -0.338 e. The van der Waals surface area contributed by atoms with Crippen LogP contribution in [0, 0.1) is 0 Å². The van der Waals surface area contributed by atoms with Gasteiger partial charge in [0.25, 0.3) is 0 Å². The summed E-state index contributed by atoms with van der Waals surface area (Å²) in [5, 5.41) is 0. The lowest BCUT2D eigenvalue weighted by Gasteiger charge is -2.37. The molecule has 0 aliphatic carbocycles. The summed E-state index contributed by atoms with van der Waals surface area (Å²) in [6, 6.07) is 0. The zero-order chi connectivity index (χ0) is 12.1. The Morgan fingerprint density at radius 3 is 2.18 bits per heavy atom. The van der Waals surface area contributed by atoms with E-state index in [1.165, 1.54) is 0 Å². The molecule has 0 aromatic carbocycles. The first-order valence-electron chi connectivity index (χ1n) is 5.51. The van der Waals surface area contributed by atoms with Crippen molar-refractivity contribution in [1.29, 1.82) is 0 Å². The molecule has 1 aliphatic heterocycles. The summed E-state index contributed by atoms with van der Waals surface area (Å²) in [5.74, 6) is 0.796. The normalized spacial score (nSPS) is 17.7. The highest BCUT2D eigenvalue weighted by molar-refractivity contribution is 8.16. The molecule has 2 rings (SSSR count). The Morgan fingerprint density at radius 2 is 1.65 bits per heavy atom. The lowest BCUT2D eigenvalue weighted by atomic mass is 10.3. The Hall–Kier alpha value is -0.530. The van der Waals surface area contributed by atoms with Gasteiger partial charge in [-0.2, -0.15) is 0 Å². The predicted molar refractivity (Wildman–Crippen MR) is 74.4 cm³/mol. The number of rotatable bonds is 4. The first-order chi connectivity index (χ1) is 8.35. The van der Waals surface area contributed by atoms with Crippen LogP contribution >= 0.6 is 23.5 Å². The van der Waals surface area contributed by atoms with Gasteiger partial charge in [0.1, 0.15) is 17.4 Å². The van der Waals surface area contributed by atoms with Crippen LogP contribution in [0.3, 0.4) is 0 Å². The topological polar surface area (TPSA) is 45.2 Å². The summed E-state index contributed by atoms with van der Waals surface area (Å²) in [6.07, 6.45) is 7.45. The zero-order valence-electron chi connectivity index (χ0n) is 10.1. The molecule has 5 nitrogen and oxygen atoms in total. The van der Waals surface area contributed by atoms with Crippen LogP contribution in [-0.2, 0) is 0 Å². The van der Waals surface area contributed by atoms with Gasteiger partial charge in [-0.05, 0) is 12.5 Å². The van der Waals surface area contributed by atoms with E-state index >= 15 is 0 Å². The van der Waals surface area contributed by atoms with Crippen molar-refractivity contribution in [2.24, 2.45) is 0 Å². The van der Waals surface area contributed by atoms with E-state index in [1.807, 2.05) is 23.5 Å². The van der Waals surface area contributed by atoms with Gasteiger partial charge < -0.3 is 4.90 Å². The summed E-state index contributed by atoms with van der Waals surface area (Å²) in [5.41, 5.74) is 0. The Balaban J connectivity index is 1.90. The van der Waals surface area contributed by atoms with Gasteiger partial charge in [0.05, 0.1) is 0 Å². The van der Waals surface area contributed by atoms with E-state index in [9.17, 15) is 0 Å². The lowest BCUT2D eigenvalue weighted by molar-refractivity contribution is 0.284. The van der Waals surface area contributed by atoms with Gasteiger partial charge >= 0.3 is 0 Å². The van der Waals surface area contributed by atoms with Gasteiger partial charge in [-0.1, -0.05) is 0 Å². The summed E-state index contributed by atoms with van der Waals surface area (Å²) in [6.45, 7) is 4.11. The molecule has 1 aliphatic rings. The summed E-state index contributed by atoms with van der Waals surface area (Å²) in [7, 11) is 0. The molecule has 1 fully saturated rings. The Bertz CT molecular complexity index is 325. The molecule has 1 aromatic heterocycles.